The van der Waals surface area contributed by atoms with E-state index < -0.39 is 18.5 Å². The average Bonchev–Trinajstić information content (AvgIpc) is 2.84. The van der Waals surface area contributed by atoms with Gasteiger partial charge in [0.25, 0.3) is 0 Å². The van der Waals surface area contributed by atoms with Crippen LogP contribution in [0.1, 0.15) is 31.9 Å². The molecule has 0 saturated carbocycles. The van der Waals surface area contributed by atoms with Gasteiger partial charge in [0.1, 0.15) is 5.76 Å². The van der Waals surface area contributed by atoms with Gasteiger partial charge in [-0.15, -0.1) is 0 Å². The molecule has 0 amide bonds. The summed E-state index contributed by atoms with van der Waals surface area (Å²) in [5.41, 5.74) is 1.78. The minimum absolute atomic E-state index is 0.000126. The van der Waals surface area contributed by atoms with Gasteiger partial charge >= 0.3 is 12.6 Å². The molecular weight excluding hydrogens is 364 g/mol. The van der Waals surface area contributed by atoms with E-state index in [0.29, 0.717) is 5.56 Å². The van der Waals surface area contributed by atoms with Gasteiger partial charge in [0, 0.05) is 5.56 Å². The number of cyclic esters (lactones) is 1. The summed E-state index contributed by atoms with van der Waals surface area (Å²) in [5.74, 6) is 4.05. The van der Waals surface area contributed by atoms with Crippen LogP contribution in [0, 0.1) is 17.8 Å². The summed E-state index contributed by atoms with van der Waals surface area (Å²) < 4.78 is 35.0. The lowest BCUT2D eigenvalue weighted by atomic mass is 9.87. The maximum Gasteiger partial charge on any atom is 0.387 e. The van der Waals surface area contributed by atoms with Crippen LogP contribution in [-0.4, -0.2) is 18.5 Å². The summed E-state index contributed by atoms with van der Waals surface area (Å²) in [4.78, 5) is 16.4. The number of ether oxygens (including phenoxy) is 2. The Morgan fingerprint density at radius 1 is 1.25 bits per heavy atom. The second-order valence-corrected chi connectivity index (χ2v) is 7.26. The fraction of sp³-hybridized carbons (Fsp3) is 0.273. The van der Waals surface area contributed by atoms with Gasteiger partial charge in [-0.2, -0.15) is 8.78 Å². The number of esters is 1. The number of halogens is 2. The van der Waals surface area contributed by atoms with Gasteiger partial charge in [0.15, 0.2) is 5.70 Å². The Kier molecular flexibility index (Phi) is 5.46. The molecule has 28 heavy (non-hydrogen) atoms. The lowest BCUT2D eigenvalue weighted by molar-refractivity contribution is -0.130. The molecule has 0 N–H and O–H groups in total. The molecular formula is C22H19F2NO3. The van der Waals surface area contributed by atoms with E-state index in [1.807, 2.05) is 24.3 Å². The number of alkyl halides is 2. The molecule has 0 radical (unpaired) electrons. The zero-order chi connectivity index (χ0) is 20.3. The van der Waals surface area contributed by atoms with Crippen molar-refractivity contribution in [3.05, 3.63) is 71.2 Å². The highest BCUT2D eigenvalue weighted by molar-refractivity contribution is 6.11. The van der Waals surface area contributed by atoms with Gasteiger partial charge in [-0.05, 0) is 41.3 Å². The van der Waals surface area contributed by atoms with Gasteiger partial charge in [0.05, 0.1) is 5.92 Å². The first-order chi connectivity index (χ1) is 13.2. The van der Waals surface area contributed by atoms with E-state index in [-0.39, 0.29) is 22.8 Å². The minimum Gasteiger partial charge on any atom is -0.438 e. The largest absolute Gasteiger partial charge is 0.438 e. The molecule has 2 aliphatic rings. The Morgan fingerprint density at radius 3 is 2.61 bits per heavy atom. The zero-order valence-electron chi connectivity index (χ0n) is 15.7. The molecule has 0 spiro atoms. The summed E-state index contributed by atoms with van der Waals surface area (Å²) in [5, 5.41) is 0. The molecule has 0 bridgehead atoms. The molecule has 4 nitrogen and oxygen atoms in total. The third-order valence-electron chi connectivity index (χ3n) is 4.15. The van der Waals surface area contributed by atoms with E-state index in [9.17, 15) is 13.6 Å². The van der Waals surface area contributed by atoms with Crippen molar-refractivity contribution in [2.45, 2.75) is 32.8 Å². The van der Waals surface area contributed by atoms with Crippen LogP contribution in [0.25, 0.3) is 0 Å². The van der Waals surface area contributed by atoms with Crippen molar-refractivity contribution >= 4 is 11.9 Å². The number of aliphatic imine (C=N–C) groups is 1. The van der Waals surface area contributed by atoms with Crippen LogP contribution >= 0.6 is 0 Å². The lowest BCUT2D eigenvalue weighted by Crippen LogP contribution is -2.12. The van der Waals surface area contributed by atoms with E-state index in [2.05, 4.69) is 42.3 Å². The van der Waals surface area contributed by atoms with Crippen molar-refractivity contribution in [3.63, 3.8) is 0 Å². The van der Waals surface area contributed by atoms with Crippen molar-refractivity contribution in [2.75, 3.05) is 0 Å². The van der Waals surface area contributed by atoms with Crippen LogP contribution in [0.4, 0.5) is 8.78 Å². The standard InChI is InChI=1S/C22H19F2NO3/c1-22(2,3)16-11-9-14(10-12-16)19-25-17(20(26)28-19)13-15-7-5-4-6-8-18(15)27-21(23)24/h4,6,8-13,15,21H,1-3H3. The average molecular weight is 383 g/mol. The molecule has 1 aromatic carbocycles. The summed E-state index contributed by atoms with van der Waals surface area (Å²) in [6.45, 7) is 3.32. The summed E-state index contributed by atoms with van der Waals surface area (Å²) in [6.07, 6.45) is 5.75. The molecule has 1 aromatic rings. The molecule has 144 valence electrons. The third kappa shape index (κ3) is 4.55. The highest BCUT2D eigenvalue weighted by Crippen LogP contribution is 2.26. The molecule has 1 aliphatic heterocycles. The van der Waals surface area contributed by atoms with Crippen LogP contribution in [0.2, 0.25) is 0 Å². The van der Waals surface area contributed by atoms with E-state index in [1.54, 1.807) is 0 Å². The molecule has 1 unspecified atom stereocenters. The van der Waals surface area contributed by atoms with Crippen molar-refractivity contribution in [2.24, 2.45) is 10.9 Å². The Balaban J connectivity index is 1.87. The van der Waals surface area contributed by atoms with Crippen LogP contribution in [0.5, 0.6) is 0 Å². The summed E-state index contributed by atoms with van der Waals surface area (Å²) >= 11 is 0. The number of hydrogen-bond acceptors (Lipinski definition) is 4. The Morgan fingerprint density at radius 2 is 1.96 bits per heavy atom. The number of carbonyl (C=O) groups excluding carboxylic acids is 1. The smallest absolute Gasteiger partial charge is 0.387 e. The minimum atomic E-state index is -2.99. The summed E-state index contributed by atoms with van der Waals surface area (Å²) in [7, 11) is 0. The van der Waals surface area contributed by atoms with E-state index in [1.165, 1.54) is 24.3 Å². The number of hydrogen-bond donors (Lipinski definition) is 0. The number of nitrogens with zero attached hydrogens (tertiary/aromatic N) is 1. The Labute approximate surface area is 162 Å². The fourth-order valence-electron chi connectivity index (χ4n) is 2.66. The molecule has 0 saturated heterocycles. The van der Waals surface area contributed by atoms with E-state index in [4.69, 9.17) is 4.74 Å². The van der Waals surface area contributed by atoms with Crippen molar-refractivity contribution in [1.82, 2.24) is 0 Å². The second kappa shape index (κ2) is 7.81. The van der Waals surface area contributed by atoms with Crippen molar-refractivity contribution in [3.8, 4) is 11.8 Å². The first-order valence-corrected chi connectivity index (χ1v) is 8.70. The quantitative estimate of drug-likeness (QED) is 0.437. The first-order valence-electron chi connectivity index (χ1n) is 8.70. The molecule has 3 rings (SSSR count). The van der Waals surface area contributed by atoms with E-state index >= 15 is 0 Å². The van der Waals surface area contributed by atoms with Gasteiger partial charge in [-0.3, -0.25) is 0 Å². The maximum absolute atomic E-state index is 12.6. The van der Waals surface area contributed by atoms with E-state index in [0.717, 1.165) is 5.56 Å². The monoisotopic (exact) mass is 383 g/mol. The van der Waals surface area contributed by atoms with Gasteiger partial charge in [0.2, 0.25) is 5.90 Å². The van der Waals surface area contributed by atoms with Crippen molar-refractivity contribution in [1.29, 1.82) is 0 Å². The predicted molar refractivity (Wildman–Crippen MR) is 101 cm³/mol. The van der Waals surface area contributed by atoms with Crippen LogP contribution < -0.4 is 0 Å². The number of allylic oxidation sites excluding steroid dienone is 4. The lowest BCUT2D eigenvalue weighted by Gasteiger charge is -2.18. The maximum atomic E-state index is 12.6. The number of rotatable bonds is 4. The number of benzene rings is 1. The molecule has 0 fully saturated rings. The molecule has 6 heteroatoms. The molecule has 1 heterocycles. The molecule has 0 aromatic heterocycles. The Hall–Kier alpha value is -3.20. The zero-order valence-corrected chi connectivity index (χ0v) is 15.7. The van der Waals surface area contributed by atoms with Gasteiger partial charge in [-0.25, -0.2) is 9.79 Å². The number of carbonyl (C=O) groups is 1. The fourth-order valence-corrected chi connectivity index (χ4v) is 2.66. The SMILES string of the molecule is CC(C)(C)c1ccc(C2=NC(=CC3C#CC=CC=C3OC(F)F)C(=O)O2)cc1. The first kappa shape index (κ1) is 19.6. The topological polar surface area (TPSA) is 47.9 Å². The highest BCUT2D eigenvalue weighted by Gasteiger charge is 2.27. The van der Waals surface area contributed by atoms with Crippen LogP contribution in [0.3, 0.4) is 0 Å². The normalized spacial score (nSPS) is 20.3. The van der Waals surface area contributed by atoms with Crippen molar-refractivity contribution < 1.29 is 23.0 Å². The van der Waals surface area contributed by atoms with Gasteiger partial charge < -0.3 is 9.47 Å². The third-order valence-corrected chi connectivity index (χ3v) is 4.15. The second-order valence-electron chi connectivity index (χ2n) is 7.26. The summed E-state index contributed by atoms with van der Waals surface area (Å²) in [6, 6.07) is 7.56. The van der Waals surface area contributed by atoms with Crippen LogP contribution in [0.15, 0.2) is 65.0 Å². The molecule has 1 atom stereocenters. The van der Waals surface area contributed by atoms with Gasteiger partial charge in [-0.1, -0.05) is 50.8 Å². The highest BCUT2D eigenvalue weighted by atomic mass is 19.3. The van der Waals surface area contributed by atoms with Crippen LogP contribution in [-0.2, 0) is 19.7 Å². The Bertz CT molecular complexity index is 952. The molecule has 1 aliphatic carbocycles. The predicted octanol–water partition coefficient (Wildman–Crippen LogP) is 4.48.